The van der Waals surface area contributed by atoms with Crippen LogP contribution in [0.15, 0.2) is 0 Å². The molecule has 2 aliphatic rings. The van der Waals surface area contributed by atoms with Gasteiger partial charge >= 0.3 is 0 Å². The molecule has 1 saturated carbocycles. The molecule has 1 aliphatic carbocycles. The van der Waals surface area contributed by atoms with Crippen LogP contribution in [0.4, 0.5) is 0 Å². The number of hydrogen-bond acceptors (Lipinski definition) is 2. The Labute approximate surface area is 93.6 Å². The maximum absolute atomic E-state index is 5.88. The lowest BCUT2D eigenvalue weighted by molar-refractivity contribution is -0.00921. The summed E-state index contributed by atoms with van der Waals surface area (Å²) in [5.41, 5.74) is 5.88. The van der Waals surface area contributed by atoms with Crippen molar-refractivity contribution in [3.05, 3.63) is 0 Å². The summed E-state index contributed by atoms with van der Waals surface area (Å²) in [7, 11) is 0. The average Bonchev–Trinajstić information content (AvgIpc) is 2.57. The van der Waals surface area contributed by atoms with E-state index in [1.807, 2.05) is 0 Å². The molecule has 0 aromatic heterocycles. The van der Waals surface area contributed by atoms with Gasteiger partial charge in [0.05, 0.1) is 0 Å². The SMILES string of the molecule is NCC1CCOCC1C1CCCCCC1. The minimum absolute atomic E-state index is 0.738. The smallest absolute Gasteiger partial charge is 0.0500 e. The van der Waals surface area contributed by atoms with Gasteiger partial charge in [0.2, 0.25) is 0 Å². The zero-order valence-electron chi connectivity index (χ0n) is 9.79. The van der Waals surface area contributed by atoms with Crippen molar-refractivity contribution in [3.63, 3.8) is 0 Å². The maximum Gasteiger partial charge on any atom is 0.0500 e. The van der Waals surface area contributed by atoms with Crippen LogP contribution >= 0.6 is 0 Å². The zero-order valence-corrected chi connectivity index (χ0v) is 9.79. The molecule has 2 heteroatoms. The molecule has 2 nitrogen and oxygen atoms in total. The summed E-state index contributed by atoms with van der Waals surface area (Å²) < 4.78 is 5.65. The minimum atomic E-state index is 0.738. The van der Waals surface area contributed by atoms with Crippen LogP contribution in [0.5, 0.6) is 0 Å². The normalized spacial score (nSPS) is 35.0. The minimum Gasteiger partial charge on any atom is -0.381 e. The molecule has 0 aromatic carbocycles. The Morgan fingerprint density at radius 3 is 2.40 bits per heavy atom. The maximum atomic E-state index is 5.88. The fourth-order valence-electron chi connectivity index (χ4n) is 3.36. The van der Waals surface area contributed by atoms with E-state index in [4.69, 9.17) is 10.5 Å². The second-order valence-corrected chi connectivity index (χ2v) is 5.27. The van der Waals surface area contributed by atoms with Crippen molar-refractivity contribution in [1.82, 2.24) is 0 Å². The highest BCUT2D eigenvalue weighted by Gasteiger charge is 2.31. The van der Waals surface area contributed by atoms with E-state index in [9.17, 15) is 0 Å². The van der Waals surface area contributed by atoms with Crippen molar-refractivity contribution in [2.45, 2.75) is 44.9 Å². The number of rotatable bonds is 2. The van der Waals surface area contributed by atoms with Crippen molar-refractivity contribution in [1.29, 1.82) is 0 Å². The van der Waals surface area contributed by atoms with Gasteiger partial charge < -0.3 is 10.5 Å². The number of hydrogen-bond donors (Lipinski definition) is 1. The van der Waals surface area contributed by atoms with Crippen molar-refractivity contribution >= 4 is 0 Å². The molecule has 1 aliphatic heterocycles. The van der Waals surface area contributed by atoms with Crippen LogP contribution in [0, 0.1) is 17.8 Å². The summed E-state index contributed by atoms with van der Waals surface area (Å²) >= 11 is 0. The van der Waals surface area contributed by atoms with Gasteiger partial charge in [0.1, 0.15) is 0 Å². The Hall–Kier alpha value is -0.0800. The van der Waals surface area contributed by atoms with Crippen LogP contribution < -0.4 is 5.73 Å². The van der Waals surface area contributed by atoms with Gasteiger partial charge in [-0.3, -0.25) is 0 Å². The summed E-state index contributed by atoms with van der Waals surface area (Å²) in [6, 6.07) is 0. The van der Waals surface area contributed by atoms with Crippen LogP contribution in [-0.2, 0) is 4.74 Å². The molecule has 0 radical (unpaired) electrons. The summed E-state index contributed by atoms with van der Waals surface area (Å²) in [6.45, 7) is 2.78. The molecular weight excluding hydrogens is 186 g/mol. The first-order chi connectivity index (χ1) is 7.42. The fraction of sp³-hybridized carbons (Fsp3) is 1.00. The molecule has 0 amide bonds. The van der Waals surface area contributed by atoms with E-state index in [1.165, 1.54) is 44.9 Å². The third kappa shape index (κ3) is 2.94. The van der Waals surface area contributed by atoms with E-state index in [1.54, 1.807) is 0 Å². The Morgan fingerprint density at radius 1 is 1.00 bits per heavy atom. The number of ether oxygens (including phenoxy) is 1. The zero-order chi connectivity index (χ0) is 10.5. The van der Waals surface area contributed by atoms with Gasteiger partial charge in [-0.25, -0.2) is 0 Å². The summed E-state index contributed by atoms with van der Waals surface area (Å²) in [4.78, 5) is 0. The van der Waals surface area contributed by atoms with Crippen molar-refractivity contribution in [2.24, 2.45) is 23.5 Å². The van der Waals surface area contributed by atoms with E-state index in [2.05, 4.69) is 0 Å². The van der Waals surface area contributed by atoms with E-state index in [-0.39, 0.29) is 0 Å². The molecule has 15 heavy (non-hydrogen) atoms. The lowest BCUT2D eigenvalue weighted by Crippen LogP contribution is -2.37. The highest BCUT2D eigenvalue weighted by Crippen LogP contribution is 2.36. The van der Waals surface area contributed by atoms with E-state index >= 15 is 0 Å². The summed E-state index contributed by atoms with van der Waals surface area (Å²) in [5.74, 6) is 2.41. The second-order valence-electron chi connectivity index (χ2n) is 5.27. The third-order valence-electron chi connectivity index (χ3n) is 4.36. The first-order valence-electron chi connectivity index (χ1n) is 6.69. The van der Waals surface area contributed by atoms with Crippen LogP contribution in [0.2, 0.25) is 0 Å². The van der Waals surface area contributed by atoms with Gasteiger partial charge in [0.15, 0.2) is 0 Å². The van der Waals surface area contributed by atoms with Crippen LogP contribution in [-0.4, -0.2) is 19.8 Å². The molecule has 88 valence electrons. The molecule has 0 spiro atoms. The lowest BCUT2D eigenvalue weighted by Gasteiger charge is -2.36. The standard InChI is InChI=1S/C13H25NO/c14-9-12-7-8-15-10-13(12)11-5-3-1-2-4-6-11/h11-13H,1-10,14H2. The van der Waals surface area contributed by atoms with Gasteiger partial charge in [0.25, 0.3) is 0 Å². The molecule has 0 bridgehead atoms. The second kappa shape index (κ2) is 5.86. The van der Waals surface area contributed by atoms with Crippen molar-refractivity contribution in [2.75, 3.05) is 19.8 Å². The highest BCUT2D eigenvalue weighted by atomic mass is 16.5. The van der Waals surface area contributed by atoms with Gasteiger partial charge in [-0.2, -0.15) is 0 Å². The molecule has 2 unspecified atom stereocenters. The van der Waals surface area contributed by atoms with Gasteiger partial charge in [0, 0.05) is 13.2 Å². The third-order valence-corrected chi connectivity index (χ3v) is 4.36. The van der Waals surface area contributed by atoms with Gasteiger partial charge in [-0.1, -0.05) is 38.5 Å². The topological polar surface area (TPSA) is 35.2 Å². The summed E-state index contributed by atoms with van der Waals surface area (Å²) in [6.07, 6.45) is 9.78. The molecular formula is C13H25NO. The van der Waals surface area contributed by atoms with E-state index in [0.29, 0.717) is 0 Å². The Morgan fingerprint density at radius 2 is 1.73 bits per heavy atom. The Bertz CT molecular complexity index is 175. The quantitative estimate of drug-likeness (QED) is 0.712. The lowest BCUT2D eigenvalue weighted by atomic mass is 9.76. The monoisotopic (exact) mass is 211 g/mol. The number of nitrogens with two attached hydrogens (primary N) is 1. The predicted molar refractivity (Wildman–Crippen MR) is 62.7 cm³/mol. The van der Waals surface area contributed by atoms with Crippen LogP contribution in [0.3, 0.4) is 0 Å². The molecule has 2 N–H and O–H groups in total. The van der Waals surface area contributed by atoms with E-state index < -0.39 is 0 Å². The van der Waals surface area contributed by atoms with Crippen molar-refractivity contribution < 1.29 is 4.74 Å². The van der Waals surface area contributed by atoms with E-state index in [0.717, 1.165) is 37.5 Å². The van der Waals surface area contributed by atoms with Gasteiger partial charge in [-0.05, 0) is 30.7 Å². The molecule has 1 saturated heterocycles. The largest absolute Gasteiger partial charge is 0.381 e. The van der Waals surface area contributed by atoms with Gasteiger partial charge in [-0.15, -0.1) is 0 Å². The van der Waals surface area contributed by atoms with Crippen LogP contribution in [0.25, 0.3) is 0 Å². The Kier molecular flexibility index (Phi) is 4.45. The first-order valence-corrected chi connectivity index (χ1v) is 6.69. The predicted octanol–water partition coefficient (Wildman–Crippen LogP) is 2.57. The van der Waals surface area contributed by atoms with Crippen LogP contribution in [0.1, 0.15) is 44.9 Å². The molecule has 1 heterocycles. The van der Waals surface area contributed by atoms with Crippen molar-refractivity contribution in [3.8, 4) is 0 Å². The molecule has 2 rings (SSSR count). The summed E-state index contributed by atoms with van der Waals surface area (Å²) in [5, 5.41) is 0. The Balaban J connectivity index is 1.92. The molecule has 2 fully saturated rings. The molecule has 0 aromatic rings. The fourth-order valence-corrected chi connectivity index (χ4v) is 3.36. The first kappa shape index (κ1) is 11.4. The molecule has 2 atom stereocenters. The average molecular weight is 211 g/mol. The highest BCUT2D eigenvalue weighted by molar-refractivity contribution is 4.81.